The molecule has 7 aliphatic heterocycles. The van der Waals surface area contributed by atoms with Crippen LogP contribution in [0.1, 0.15) is 50.1 Å². The molecule has 556 valence electrons. The Balaban J connectivity index is 0.000000162. The van der Waals surface area contributed by atoms with Crippen molar-refractivity contribution in [3.63, 3.8) is 0 Å². The van der Waals surface area contributed by atoms with Crippen LogP contribution in [0.4, 0.5) is 39.5 Å². The van der Waals surface area contributed by atoms with Crippen molar-refractivity contribution in [1.29, 1.82) is 0 Å². The van der Waals surface area contributed by atoms with Crippen molar-refractivity contribution in [2.24, 2.45) is 0 Å². The zero-order valence-corrected chi connectivity index (χ0v) is 53.8. The minimum Gasteiger partial charge on any atom is -0.508 e. The van der Waals surface area contributed by atoms with E-state index in [1.54, 1.807) is 60.7 Å². The lowest BCUT2D eigenvalue weighted by atomic mass is 9.99. The van der Waals surface area contributed by atoms with Crippen LogP contribution in [0.25, 0.3) is 33.4 Å². The number of phenolic OH excluding ortho intramolecular Hbond substituents is 2. The first kappa shape index (κ1) is 79.0. The normalized spacial score (nSPS) is 16.0. The predicted molar refractivity (Wildman–Crippen MR) is 332 cm³/mol. The summed E-state index contributed by atoms with van der Waals surface area (Å²) in [5.41, 5.74) is -3.65. The molecule has 0 aliphatic carbocycles. The number of imide groups is 6. The van der Waals surface area contributed by atoms with Crippen molar-refractivity contribution < 1.29 is 162 Å². The van der Waals surface area contributed by atoms with Crippen LogP contribution >= 0.6 is 0 Å². The van der Waals surface area contributed by atoms with Crippen molar-refractivity contribution in [2.75, 3.05) is 28.1 Å². The largest absolute Gasteiger partial charge is 0.508 e. The summed E-state index contributed by atoms with van der Waals surface area (Å²) >= 11 is 0. The average molecular weight is 1510 g/mol. The third kappa shape index (κ3) is 17.9. The summed E-state index contributed by atoms with van der Waals surface area (Å²) in [6.07, 6.45) is -9.13. The minimum atomic E-state index is -5.08. The van der Waals surface area contributed by atoms with Gasteiger partial charge in [0.05, 0.1) is 71.5 Å². The number of rotatable bonds is 9. The lowest BCUT2D eigenvalue weighted by Gasteiger charge is -2.14. The van der Waals surface area contributed by atoms with Gasteiger partial charge in [-0.3, -0.25) is 88.8 Å². The van der Waals surface area contributed by atoms with Crippen LogP contribution in [0.3, 0.4) is 0 Å². The summed E-state index contributed by atoms with van der Waals surface area (Å²) in [5, 5.41) is 72.5. The Labute approximate surface area is 590 Å². The lowest BCUT2D eigenvalue weighted by molar-refractivity contribution is -0.169. The molecule has 7 aliphatic rings. The molecule has 0 bridgehead atoms. The van der Waals surface area contributed by atoms with Crippen molar-refractivity contribution in [1.82, 2.24) is 30.4 Å². The Morgan fingerprint density at radius 3 is 0.888 bits per heavy atom. The van der Waals surface area contributed by atoms with E-state index in [0.29, 0.717) is 63.6 Å². The Hall–Kier alpha value is -13.7. The number of phenols is 2. The third-order valence-corrected chi connectivity index (χ3v) is 14.8. The van der Waals surface area contributed by atoms with E-state index in [2.05, 4.69) is 0 Å². The lowest BCUT2D eigenvalue weighted by Crippen LogP contribution is -2.26. The molecule has 0 unspecified atom stereocenters. The van der Waals surface area contributed by atoms with E-state index in [1.165, 1.54) is 33.5 Å². The maximum atomic E-state index is 12.7. The second kappa shape index (κ2) is 31.5. The monoisotopic (exact) mass is 1500 g/mol. The number of aromatic hydroxyl groups is 2. The predicted octanol–water partition coefficient (Wildman–Crippen LogP) is 7.19. The molecule has 0 radical (unpaired) electrons. The van der Waals surface area contributed by atoms with Crippen LogP contribution in [0.2, 0.25) is 0 Å². The molecule has 0 spiro atoms. The average Bonchev–Trinajstić information content (AvgIpc) is 1.79. The molecule has 7 heterocycles. The third-order valence-electron chi connectivity index (χ3n) is 14.8. The SMILES string of the molecule is COc1cc(OC)cc(C2=CC(=O)N(O)C2=O)c1.COc1ccc(C2=CC(=O)N(O)C2=O)cc1.O=C1C=C(c2cc(C(F)(F)F)cc(C(F)(F)F)c2)C(=O)N1O.O=C1C=C(c2cc(O)cc(O)c2)C(=O)N1O.O=C1C=C(c2ccc(C(F)(F)F)cc2)C(=O)N1O.O=C1C=C(c2ccc3c(c2)OCO3)C(=O)N1O. The smallest absolute Gasteiger partial charge is 0.416 e. The zero-order chi connectivity index (χ0) is 79.2. The van der Waals surface area contributed by atoms with Gasteiger partial charge in [0.2, 0.25) is 6.79 Å². The quantitative estimate of drug-likeness (QED) is 0.0403. The van der Waals surface area contributed by atoms with Gasteiger partial charge in [-0.15, -0.1) is 30.4 Å². The minimum absolute atomic E-state index is 0.0313. The molecule has 8 N–H and O–H groups in total. The summed E-state index contributed by atoms with van der Waals surface area (Å²) in [4.78, 5) is 135. The number of carbonyl (C=O) groups excluding carboxylic acids is 12. The number of ether oxygens (including phenoxy) is 5. The summed E-state index contributed by atoms with van der Waals surface area (Å²) in [6, 6.07) is 24.0. The molecule has 0 atom stereocenters. The fourth-order valence-electron chi connectivity index (χ4n) is 9.50. The van der Waals surface area contributed by atoms with Gasteiger partial charge in [0.1, 0.15) is 28.7 Å². The van der Waals surface area contributed by atoms with Crippen molar-refractivity contribution in [3.05, 3.63) is 208 Å². The van der Waals surface area contributed by atoms with Crippen molar-refractivity contribution in [3.8, 4) is 40.2 Å². The number of methoxy groups -OCH3 is 3. The molecule has 0 saturated heterocycles. The second-order valence-electron chi connectivity index (χ2n) is 21.6. The number of halogens is 9. The van der Waals surface area contributed by atoms with Gasteiger partial charge in [0.25, 0.3) is 70.9 Å². The van der Waals surface area contributed by atoms with Crippen molar-refractivity contribution >= 4 is 104 Å². The molecule has 6 aromatic carbocycles. The topological polar surface area (TPSA) is 432 Å². The van der Waals surface area contributed by atoms with E-state index < -0.39 is 122 Å². The Morgan fingerprint density at radius 1 is 0.299 bits per heavy atom. The van der Waals surface area contributed by atoms with Crippen molar-refractivity contribution in [2.45, 2.75) is 18.5 Å². The number of amides is 12. The van der Waals surface area contributed by atoms with E-state index in [-0.39, 0.29) is 88.7 Å². The number of carbonyl (C=O) groups is 12. The van der Waals surface area contributed by atoms with Crippen LogP contribution in [-0.4, -0.2) is 171 Å². The summed E-state index contributed by atoms with van der Waals surface area (Å²) < 4.78 is 138. The fraction of sp³-hybridized carbons (Fsp3) is 0.104. The maximum Gasteiger partial charge on any atom is 0.416 e. The molecule has 0 fully saturated rings. The molecule has 0 aromatic heterocycles. The molecule has 6 aromatic rings. The van der Waals surface area contributed by atoms with Gasteiger partial charge < -0.3 is 33.9 Å². The first-order valence-electron chi connectivity index (χ1n) is 29.1. The molecular weight excluding hydrogens is 1460 g/mol. The number of hydrogen-bond acceptors (Lipinski definition) is 25. The fourth-order valence-corrected chi connectivity index (χ4v) is 9.50. The zero-order valence-electron chi connectivity index (χ0n) is 53.8. The highest BCUT2D eigenvalue weighted by Gasteiger charge is 2.41. The summed E-state index contributed by atoms with van der Waals surface area (Å²) in [5.74, 6) is -8.51. The van der Waals surface area contributed by atoms with Gasteiger partial charge >= 0.3 is 18.5 Å². The molecule has 13 rings (SSSR count). The van der Waals surface area contributed by atoms with Gasteiger partial charge in [0, 0.05) is 48.6 Å². The highest BCUT2D eigenvalue weighted by Crippen LogP contribution is 2.41. The van der Waals surface area contributed by atoms with Crippen LogP contribution in [0.5, 0.6) is 40.2 Å². The number of hydroxylamine groups is 12. The van der Waals surface area contributed by atoms with Gasteiger partial charge in [-0.05, 0) is 112 Å². The van der Waals surface area contributed by atoms with Gasteiger partial charge in [-0.2, -0.15) is 39.5 Å². The van der Waals surface area contributed by atoms with Crippen LogP contribution < -0.4 is 23.7 Å². The van der Waals surface area contributed by atoms with E-state index in [4.69, 9.17) is 49.7 Å². The highest BCUT2D eigenvalue weighted by atomic mass is 19.4. The van der Waals surface area contributed by atoms with Crippen LogP contribution in [0.15, 0.2) is 158 Å². The first-order chi connectivity index (χ1) is 50.1. The summed E-state index contributed by atoms with van der Waals surface area (Å²) in [7, 11) is 4.49. The summed E-state index contributed by atoms with van der Waals surface area (Å²) in [6.45, 7) is 0.136. The molecular formula is C67H45F9N6O25. The molecule has 107 heavy (non-hydrogen) atoms. The molecule has 31 nitrogen and oxygen atoms in total. The van der Waals surface area contributed by atoms with Gasteiger partial charge in [0.15, 0.2) is 11.5 Å². The van der Waals surface area contributed by atoms with E-state index in [0.717, 1.165) is 60.7 Å². The number of hydrogen-bond donors (Lipinski definition) is 8. The van der Waals surface area contributed by atoms with Crippen LogP contribution in [0, 0.1) is 0 Å². The number of fused-ring (bicyclic) bond motifs is 1. The number of alkyl halides is 9. The first-order valence-corrected chi connectivity index (χ1v) is 29.1. The van der Waals surface area contributed by atoms with Crippen LogP contribution in [-0.2, 0) is 76.1 Å². The molecule has 0 saturated carbocycles. The molecule has 40 heteroatoms. The molecule has 12 amide bonds. The number of nitrogens with zero attached hydrogens (tertiary/aromatic N) is 6. The Bertz CT molecular complexity index is 4850. The van der Waals surface area contributed by atoms with E-state index in [9.17, 15) is 112 Å². The Morgan fingerprint density at radius 2 is 0.579 bits per heavy atom. The van der Waals surface area contributed by atoms with Gasteiger partial charge in [-0.25, -0.2) is 0 Å². The van der Waals surface area contributed by atoms with E-state index >= 15 is 0 Å². The Kier molecular flexibility index (Phi) is 23.3. The number of benzene rings is 6. The maximum absolute atomic E-state index is 12.7. The standard InChI is InChI=1S/C12H5F6NO3.C12H11NO5.C11H6F3NO3.C11H7NO5.C11H9NO4.C10H7NO5/c13-11(14,15)6-1-5(2-7(3-6)12(16,17)18)8-4-9(20)19(22)10(8)21;1-17-8-3-7(4-9(5-8)18-2)10-6-11(14)13(16)12(10)15;12-11(13,14)7-3-1-6(2-4-7)8-5-9(16)15(18)10(8)17;13-10-4-7(11(14)12(10)15)6-1-2-8-9(3-6)17-5-16-8;1-16-8-4-2-7(3-5-8)9-6-10(13)12(15)11(9)14;12-6-1-5(2-7(13)3-6)8-4-9(14)11(16)10(8)15/h1-4,22H;3-6,16H,1-2H3;1-5,18H;1-4,15H,5H2;2-6,15H,1H3;1-4,12-13,16H. The van der Waals surface area contributed by atoms with E-state index in [1.807, 2.05) is 0 Å². The second-order valence-corrected chi connectivity index (χ2v) is 21.6. The van der Waals surface area contributed by atoms with Gasteiger partial charge in [-0.1, -0.05) is 30.3 Å². The highest BCUT2D eigenvalue weighted by molar-refractivity contribution is 6.36.